The molecule has 23 aliphatic carbocycles. The zero-order valence-electron chi connectivity index (χ0n) is 85.5. The van der Waals surface area contributed by atoms with Gasteiger partial charge in [0.05, 0.1) is 0 Å². The summed E-state index contributed by atoms with van der Waals surface area (Å²) in [6.45, 7) is 71.6. The van der Waals surface area contributed by atoms with Crippen molar-refractivity contribution >= 4 is 0 Å². The lowest BCUT2D eigenvalue weighted by atomic mass is 9.55. The Hall–Kier alpha value is 0. The van der Waals surface area contributed by atoms with E-state index in [1.807, 2.05) is 0 Å². The molecule has 0 saturated heterocycles. The van der Waals surface area contributed by atoms with E-state index < -0.39 is 0 Å². The maximum absolute atomic E-state index is 2.56. The molecular weight excluding hydrogens is 1420 g/mol. The smallest absolute Gasteiger partial charge is 0.0220 e. The van der Waals surface area contributed by atoms with Crippen molar-refractivity contribution in [2.45, 2.75) is 509 Å². The molecule has 0 heterocycles. The molecule has 0 spiro atoms. The minimum absolute atomic E-state index is 0.545. The van der Waals surface area contributed by atoms with E-state index in [0.717, 1.165) is 170 Å². The summed E-state index contributed by atoms with van der Waals surface area (Å²) >= 11 is 0. The van der Waals surface area contributed by atoms with Crippen LogP contribution in [0.4, 0.5) is 0 Å². The van der Waals surface area contributed by atoms with E-state index in [1.54, 1.807) is 148 Å². The first kappa shape index (κ1) is 94.1. The van der Waals surface area contributed by atoms with Crippen molar-refractivity contribution in [2.75, 3.05) is 0 Å². The van der Waals surface area contributed by atoms with Crippen LogP contribution in [-0.2, 0) is 0 Å². The van der Waals surface area contributed by atoms with Crippen molar-refractivity contribution < 1.29 is 0 Å². The molecule has 682 valence electrons. The molecule has 23 saturated carbocycles. The van der Waals surface area contributed by atoms with E-state index in [9.17, 15) is 0 Å². The van der Waals surface area contributed by atoms with E-state index in [0.29, 0.717) is 54.1 Å². The topological polar surface area (TPSA) is 0 Å². The van der Waals surface area contributed by atoms with Crippen molar-refractivity contribution in [3.05, 3.63) is 0 Å². The van der Waals surface area contributed by atoms with Crippen molar-refractivity contribution in [1.29, 1.82) is 0 Å². The van der Waals surface area contributed by atoms with E-state index in [2.05, 4.69) is 201 Å². The third-order valence-corrected chi connectivity index (χ3v) is 49.8. The molecule has 33 unspecified atom stereocenters. The van der Waals surface area contributed by atoms with Gasteiger partial charge in [-0.15, -0.1) is 0 Å². The summed E-state index contributed by atoms with van der Waals surface area (Å²) in [6, 6.07) is 0. The maximum Gasteiger partial charge on any atom is -0.0220 e. The summed E-state index contributed by atoms with van der Waals surface area (Å²) in [6.07, 6.45) is 73.1. The molecule has 0 heteroatoms. The van der Waals surface area contributed by atoms with Crippen LogP contribution in [0.5, 0.6) is 0 Å². The quantitative estimate of drug-likeness (QED) is 0.216. The molecule has 118 heavy (non-hydrogen) atoms. The lowest BCUT2D eigenvalue weighted by molar-refractivity contribution is -0.0111. The Balaban J connectivity index is 0.000000108. The summed E-state index contributed by atoms with van der Waals surface area (Å²) in [5.74, 6) is 29.5. The van der Waals surface area contributed by atoms with Gasteiger partial charge in [-0.2, -0.15) is 0 Å². The Morgan fingerprint density at radius 2 is 0.771 bits per heavy atom. The molecule has 0 aromatic carbocycles. The molecule has 23 rings (SSSR count). The van der Waals surface area contributed by atoms with Gasteiger partial charge in [0.25, 0.3) is 0 Å². The summed E-state index contributed by atoms with van der Waals surface area (Å²) in [5, 5.41) is 0. The van der Waals surface area contributed by atoms with Crippen molar-refractivity contribution in [3.8, 4) is 0 Å². The van der Waals surface area contributed by atoms with Crippen LogP contribution < -0.4 is 0 Å². The zero-order chi connectivity index (χ0) is 85.5. The van der Waals surface area contributed by atoms with Crippen LogP contribution in [0, 0.1) is 236 Å². The van der Waals surface area contributed by atoms with Gasteiger partial charge in [0.15, 0.2) is 0 Å². The van der Waals surface area contributed by atoms with Gasteiger partial charge in [0, 0.05) is 0 Å². The summed E-state index contributed by atoms with van der Waals surface area (Å²) < 4.78 is 0. The molecule has 33 atom stereocenters. The van der Waals surface area contributed by atoms with Gasteiger partial charge in [0.2, 0.25) is 0 Å². The van der Waals surface area contributed by atoms with Crippen LogP contribution in [0.2, 0.25) is 0 Å². The van der Waals surface area contributed by atoms with Crippen LogP contribution >= 0.6 is 0 Å². The Morgan fingerprint density at radius 1 is 0.305 bits per heavy atom. The first-order valence-corrected chi connectivity index (χ1v) is 55.1. The molecule has 0 aliphatic heterocycles. The van der Waals surface area contributed by atoms with Crippen LogP contribution in [0.15, 0.2) is 0 Å². The van der Waals surface area contributed by atoms with Crippen LogP contribution in [0.3, 0.4) is 0 Å². The fourth-order valence-corrected chi connectivity index (χ4v) is 39.2. The summed E-state index contributed by atoms with van der Waals surface area (Å²) in [4.78, 5) is 0. The maximum atomic E-state index is 2.56. The predicted molar refractivity (Wildman–Crippen MR) is 514 cm³/mol. The minimum atomic E-state index is 0.545. The number of unbranched alkanes of at least 4 members (excludes halogenated alkanes) is 1. The van der Waals surface area contributed by atoms with Gasteiger partial charge in [-0.05, 0) is 460 Å². The largest absolute Gasteiger partial charge is 0.0654 e. The monoisotopic (exact) mass is 1630 g/mol. The highest BCUT2D eigenvalue weighted by Gasteiger charge is 2.67. The van der Waals surface area contributed by atoms with Gasteiger partial charge in [-0.1, -0.05) is 284 Å². The first-order valence-electron chi connectivity index (χ1n) is 55.1. The van der Waals surface area contributed by atoms with E-state index in [-0.39, 0.29) is 0 Å². The fourth-order valence-electron chi connectivity index (χ4n) is 39.2. The average molecular weight is 1630 g/mol. The lowest BCUT2D eigenvalue weighted by Crippen LogP contribution is -2.42. The number of hydrogen-bond donors (Lipinski definition) is 0. The Kier molecular flexibility index (Phi) is 27.7. The molecule has 23 fully saturated rings. The third kappa shape index (κ3) is 17.4. The molecule has 20 bridgehead atoms. The van der Waals surface area contributed by atoms with E-state index in [1.165, 1.54) is 172 Å². The molecule has 23 aliphatic rings. The molecule has 0 radical (unpaired) electrons. The van der Waals surface area contributed by atoms with Gasteiger partial charge < -0.3 is 0 Å². The second kappa shape index (κ2) is 34.7. The van der Waals surface area contributed by atoms with Gasteiger partial charge in [-0.3, -0.25) is 0 Å². The Bertz CT molecular complexity index is 3250. The Morgan fingerprint density at radius 3 is 1.12 bits per heavy atom. The normalized spacial score (nSPS) is 50.5. The molecule has 0 amide bonds. The zero-order valence-corrected chi connectivity index (χ0v) is 85.5. The minimum Gasteiger partial charge on any atom is -0.0654 e. The standard InChI is InChI=1S/C15H26.C13H22.C12H20.4C12H22.C11H20.C10H18.C9H16/c1-10-4-5-11(6-10)14-8-13-7-12(14)9-15(13,2)3;1-3-13(2)8-9-7-12(13)11-6-4-5-10(9)11;1-12(2)7-8-6-11(12)10-5-3-4-9(8)10;1-10(2)9-6-7-12(5,8-9)11(10,3)4;1-10(2)8-9-6-7-12(10,5)11(9,3)4;1-4-9(2)12(3)8-10-5-6-11(12)7-10;1-3-4-7-12(2)9-10-5-6-11(12)8-10;1-8(2)11(3)7-9-4-5-10(11)6-9;1-3-10(2)7-8-4-5-9(10)6-8;1-9(2)6-7-3-4-8(9)5-7/h10-14H,4-9H2,1-3H3;9-12H,3-8H2,1-2H3;8-11H,3-7H2,1-2H3;2*9H,6-8H2,1-5H3;9-11H,4-8H2,1-3H3;10-11H,3-9H2,1-2H3;8-10H,4-7H2,1-3H3;8-9H,3-7H2,1-2H3;7-8H,3-6H2,1-2H3. The third-order valence-electron chi connectivity index (χ3n) is 49.8. The fraction of sp³-hybridized carbons (Fsp3) is 1.00. The molecule has 0 aromatic heterocycles. The van der Waals surface area contributed by atoms with Crippen molar-refractivity contribution in [1.82, 2.24) is 0 Å². The van der Waals surface area contributed by atoms with Gasteiger partial charge >= 0.3 is 0 Å². The van der Waals surface area contributed by atoms with Crippen LogP contribution in [0.25, 0.3) is 0 Å². The van der Waals surface area contributed by atoms with Gasteiger partial charge in [0.1, 0.15) is 0 Å². The highest BCUT2D eigenvalue weighted by Crippen LogP contribution is 2.75. The van der Waals surface area contributed by atoms with Crippen molar-refractivity contribution in [3.63, 3.8) is 0 Å². The first-order chi connectivity index (χ1) is 55.1. The summed E-state index contributed by atoms with van der Waals surface area (Å²) in [7, 11) is 0. The van der Waals surface area contributed by atoms with Crippen LogP contribution in [-0.4, -0.2) is 0 Å². The molecular formula is C118H210. The predicted octanol–water partition coefficient (Wildman–Crippen LogP) is 36.9. The second-order valence-electron chi connectivity index (χ2n) is 57.4. The molecule has 0 nitrogen and oxygen atoms in total. The lowest BCUT2D eigenvalue weighted by Gasteiger charge is -2.50. The highest BCUT2D eigenvalue weighted by molar-refractivity contribution is 5.16. The van der Waals surface area contributed by atoms with E-state index in [4.69, 9.17) is 0 Å². The average Bonchev–Trinajstić information content (AvgIpc) is 1.54. The number of fused-ring (bicyclic) bond motifs is 26. The van der Waals surface area contributed by atoms with Gasteiger partial charge in [-0.25, -0.2) is 0 Å². The van der Waals surface area contributed by atoms with Crippen LogP contribution in [0.1, 0.15) is 509 Å². The summed E-state index contributed by atoms with van der Waals surface area (Å²) in [5.41, 5.74) is 9.33. The molecule has 0 aromatic rings. The van der Waals surface area contributed by atoms with E-state index >= 15 is 0 Å². The highest BCUT2D eigenvalue weighted by atomic mass is 14.7. The van der Waals surface area contributed by atoms with Crippen molar-refractivity contribution in [2.24, 2.45) is 236 Å². The number of hydrogen-bond acceptors (Lipinski definition) is 0. The molecule has 0 N–H and O–H groups in total. The number of rotatable bonds is 9. The second-order valence-corrected chi connectivity index (χ2v) is 57.4. The SMILES string of the molecule is CC(C)C1(C)CC2CCC1C2.CC1(C)CC2CC1C1CCCC21.CC1(C)CC2CCC1(C)C2(C)C.CC1(C)CC2CCC1C2.CC12CCC(C1)C(C)(C)C2(C)C.CC1CCC(C2CC3CC2CC3(C)C)C1.CCC(C)C1(C)CC2CCC1C2.CCC1(C)CC2CC1C1CCCC21.CCC1(C)CC2CCC1C2.CCCCC1(C)CC2CCC1C2. The Labute approximate surface area is 739 Å².